The molecule has 2 nitrogen and oxygen atoms in total. The highest BCUT2D eigenvalue weighted by Crippen LogP contribution is 2.36. The zero-order chi connectivity index (χ0) is 14.0. The third-order valence-electron chi connectivity index (χ3n) is 1.86. The molecule has 1 rings (SSSR count). The standard InChI is InChI=1S/C10H6BrF5O2/c11-7-1-6(4-17)2-8(3-7)18-5-9(12,13)10(14,15)16/h1-4H,5H2. The van der Waals surface area contributed by atoms with E-state index in [1.807, 2.05) is 0 Å². The summed E-state index contributed by atoms with van der Waals surface area (Å²) in [4.78, 5) is 10.5. The van der Waals surface area contributed by atoms with Crippen LogP contribution < -0.4 is 4.74 Å². The minimum absolute atomic E-state index is 0.0923. The van der Waals surface area contributed by atoms with Crippen LogP contribution in [0.2, 0.25) is 0 Å². The first kappa shape index (κ1) is 14.9. The topological polar surface area (TPSA) is 26.3 Å². The molecule has 18 heavy (non-hydrogen) atoms. The van der Waals surface area contributed by atoms with E-state index in [9.17, 15) is 26.7 Å². The quantitative estimate of drug-likeness (QED) is 0.618. The van der Waals surface area contributed by atoms with Gasteiger partial charge in [-0.3, -0.25) is 4.79 Å². The Morgan fingerprint density at radius 2 is 1.78 bits per heavy atom. The smallest absolute Gasteiger partial charge is 0.456 e. The lowest BCUT2D eigenvalue weighted by Gasteiger charge is -2.19. The third-order valence-corrected chi connectivity index (χ3v) is 2.32. The maximum atomic E-state index is 12.6. The van der Waals surface area contributed by atoms with Crippen molar-refractivity contribution in [3.8, 4) is 5.75 Å². The van der Waals surface area contributed by atoms with Gasteiger partial charge in [-0.2, -0.15) is 22.0 Å². The first-order valence-electron chi connectivity index (χ1n) is 4.49. The SMILES string of the molecule is O=Cc1cc(Br)cc(OCC(F)(F)C(F)(F)F)c1. The number of benzene rings is 1. The molecule has 0 amide bonds. The van der Waals surface area contributed by atoms with Gasteiger partial charge in [-0.25, -0.2) is 0 Å². The van der Waals surface area contributed by atoms with E-state index in [4.69, 9.17) is 0 Å². The van der Waals surface area contributed by atoms with Crippen molar-refractivity contribution in [1.82, 2.24) is 0 Å². The van der Waals surface area contributed by atoms with Crippen molar-refractivity contribution in [1.29, 1.82) is 0 Å². The summed E-state index contributed by atoms with van der Waals surface area (Å²) in [5.74, 6) is -5.20. The lowest BCUT2D eigenvalue weighted by Crippen LogP contribution is -2.41. The maximum Gasteiger partial charge on any atom is 0.456 e. The molecule has 0 bridgehead atoms. The molecule has 0 unspecified atom stereocenters. The number of carbonyl (C=O) groups excluding carboxylic acids is 1. The van der Waals surface area contributed by atoms with Crippen LogP contribution in [0.5, 0.6) is 5.75 Å². The van der Waals surface area contributed by atoms with Crippen molar-refractivity contribution >= 4 is 22.2 Å². The molecule has 0 N–H and O–H groups in total. The van der Waals surface area contributed by atoms with E-state index in [2.05, 4.69) is 20.7 Å². The van der Waals surface area contributed by atoms with Crippen molar-refractivity contribution in [3.63, 3.8) is 0 Å². The molecule has 0 heterocycles. The molecule has 0 radical (unpaired) electrons. The maximum absolute atomic E-state index is 12.6. The molecule has 1 aromatic rings. The van der Waals surface area contributed by atoms with E-state index in [1.54, 1.807) is 0 Å². The Labute approximate surface area is 107 Å². The van der Waals surface area contributed by atoms with Crippen LogP contribution in [-0.4, -0.2) is 25.0 Å². The van der Waals surface area contributed by atoms with Gasteiger partial charge in [-0.15, -0.1) is 0 Å². The predicted octanol–water partition coefficient (Wildman–Crippen LogP) is 3.84. The summed E-state index contributed by atoms with van der Waals surface area (Å²) < 4.78 is 65.4. The predicted molar refractivity (Wildman–Crippen MR) is 56.0 cm³/mol. The summed E-state index contributed by atoms with van der Waals surface area (Å²) >= 11 is 2.97. The summed E-state index contributed by atoms with van der Waals surface area (Å²) in [7, 11) is 0. The molecular weight excluding hydrogens is 327 g/mol. The molecule has 0 saturated heterocycles. The Morgan fingerprint density at radius 3 is 2.28 bits per heavy atom. The number of hydrogen-bond acceptors (Lipinski definition) is 2. The van der Waals surface area contributed by atoms with Crippen molar-refractivity contribution in [2.45, 2.75) is 12.1 Å². The number of alkyl halides is 5. The molecule has 0 atom stereocenters. The highest BCUT2D eigenvalue weighted by atomic mass is 79.9. The van der Waals surface area contributed by atoms with E-state index in [-0.39, 0.29) is 11.3 Å². The largest absolute Gasteiger partial charge is 0.487 e. The van der Waals surface area contributed by atoms with Gasteiger partial charge in [-0.1, -0.05) is 15.9 Å². The first-order valence-corrected chi connectivity index (χ1v) is 5.28. The number of carbonyl (C=O) groups is 1. The Kier molecular flexibility index (Phi) is 4.31. The monoisotopic (exact) mass is 332 g/mol. The van der Waals surface area contributed by atoms with Gasteiger partial charge < -0.3 is 4.74 Å². The van der Waals surface area contributed by atoms with E-state index in [1.165, 1.54) is 12.1 Å². The second-order valence-corrected chi connectivity index (χ2v) is 4.24. The van der Waals surface area contributed by atoms with Gasteiger partial charge in [0.15, 0.2) is 6.61 Å². The Hall–Kier alpha value is -1.18. The van der Waals surface area contributed by atoms with Gasteiger partial charge in [-0.05, 0) is 18.2 Å². The second kappa shape index (κ2) is 5.21. The summed E-state index contributed by atoms with van der Waals surface area (Å²) in [6.07, 6.45) is -5.26. The van der Waals surface area contributed by atoms with Crippen LogP contribution in [0.4, 0.5) is 22.0 Å². The van der Waals surface area contributed by atoms with E-state index >= 15 is 0 Å². The molecule has 0 saturated carbocycles. The van der Waals surface area contributed by atoms with Crippen LogP contribution in [-0.2, 0) is 0 Å². The average molecular weight is 333 g/mol. The summed E-state index contributed by atoms with van der Waals surface area (Å²) in [6.45, 7) is -1.84. The van der Waals surface area contributed by atoms with Gasteiger partial charge in [0.1, 0.15) is 12.0 Å². The third kappa shape index (κ3) is 3.66. The van der Waals surface area contributed by atoms with Crippen LogP contribution in [0.1, 0.15) is 10.4 Å². The first-order chi connectivity index (χ1) is 8.15. The molecule has 0 spiro atoms. The van der Waals surface area contributed by atoms with Gasteiger partial charge >= 0.3 is 12.1 Å². The fraction of sp³-hybridized carbons (Fsp3) is 0.300. The molecule has 100 valence electrons. The van der Waals surface area contributed by atoms with Gasteiger partial charge in [0, 0.05) is 10.0 Å². The van der Waals surface area contributed by atoms with E-state index < -0.39 is 18.7 Å². The fourth-order valence-electron chi connectivity index (χ4n) is 0.992. The number of hydrogen-bond donors (Lipinski definition) is 0. The van der Waals surface area contributed by atoms with Crippen molar-refractivity contribution in [3.05, 3.63) is 28.2 Å². The van der Waals surface area contributed by atoms with Crippen molar-refractivity contribution < 1.29 is 31.5 Å². The van der Waals surface area contributed by atoms with E-state index in [0.717, 1.165) is 6.07 Å². The van der Waals surface area contributed by atoms with Gasteiger partial charge in [0.2, 0.25) is 0 Å². The average Bonchev–Trinajstić information content (AvgIpc) is 2.24. The normalized spacial score (nSPS) is 12.3. The number of aldehydes is 1. The highest BCUT2D eigenvalue weighted by Gasteiger charge is 2.58. The fourth-order valence-corrected chi connectivity index (χ4v) is 1.48. The van der Waals surface area contributed by atoms with Gasteiger partial charge in [0.05, 0.1) is 0 Å². The summed E-state index contributed by atoms with van der Waals surface area (Å²) in [5.41, 5.74) is 0.0923. The second-order valence-electron chi connectivity index (χ2n) is 3.33. The van der Waals surface area contributed by atoms with Crippen LogP contribution >= 0.6 is 15.9 Å². The Balaban J connectivity index is 2.81. The van der Waals surface area contributed by atoms with Crippen LogP contribution in [0, 0.1) is 0 Å². The highest BCUT2D eigenvalue weighted by molar-refractivity contribution is 9.10. The zero-order valence-corrected chi connectivity index (χ0v) is 10.2. The minimum atomic E-state index is -5.67. The van der Waals surface area contributed by atoms with Crippen LogP contribution in [0.3, 0.4) is 0 Å². The van der Waals surface area contributed by atoms with Crippen molar-refractivity contribution in [2.24, 2.45) is 0 Å². The van der Waals surface area contributed by atoms with Crippen molar-refractivity contribution in [2.75, 3.05) is 6.61 Å². The molecule has 0 fully saturated rings. The Bertz CT molecular complexity index is 444. The van der Waals surface area contributed by atoms with Crippen LogP contribution in [0.25, 0.3) is 0 Å². The van der Waals surface area contributed by atoms with Gasteiger partial charge in [0.25, 0.3) is 0 Å². The molecule has 0 aromatic heterocycles. The summed E-state index contributed by atoms with van der Waals surface area (Å²) in [6, 6.07) is 3.60. The Morgan fingerprint density at radius 1 is 1.17 bits per heavy atom. The number of ether oxygens (including phenoxy) is 1. The lowest BCUT2D eigenvalue weighted by molar-refractivity contribution is -0.290. The molecule has 1 aromatic carbocycles. The number of halogens is 6. The van der Waals surface area contributed by atoms with E-state index in [0.29, 0.717) is 10.8 Å². The molecule has 0 aliphatic rings. The zero-order valence-electron chi connectivity index (χ0n) is 8.60. The summed E-state index contributed by atoms with van der Waals surface area (Å²) in [5, 5.41) is 0. The molecule has 0 aliphatic carbocycles. The lowest BCUT2D eigenvalue weighted by atomic mass is 10.2. The molecule has 8 heteroatoms. The molecular formula is C10H6BrF5O2. The molecule has 0 aliphatic heterocycles. The number of rotatable bonds is 4. The van der Waals surface area contributed by atoms with Crippen LogP contribution in [0.15, 0.2) is 22.7 Å². The minimum Gasteiger partial charge on any atom is -0.487 e.